The van der Waals surface area contributed by atoms with Gasteiger partial charge in [-0.25, -0.2) is 0 Å². The van der Waals surface area contributed by atoms with Crippen molar-refractivity contribution in [2.45, 2.75) is 26.3 Å². The van der Waals surface area contributed by atoms with E-state index in [1.165, 1.54) is 5.56 Å². The summed E-state index contributed by atoms with van der Waals surface area (Å²) in [4.78, 5) is 21.3. The zero-order valence-electron chi connectivity index (χ0n) is 16.9. The zero-order valence-corrected chi connectivity index (χ0v) is 16.9. The molecule has 2 aliphatic rings. The molecule has 0 radical (unpaired) electrons. The number of benzene rings is 1. The van der Waals surface area contributed by atoms with Crippen LogP contribution in [0.1, 0.15) is 35.8 Å². The molecule has 0 saturated carbocycles. The van der Waals surface area contributed by atoms with E-state index in [2.05, 4.69) is 39.2 Å². The first-order valence-electron chi connectivity index (χ1n) is 10.3. The number of carbonyl (C=O) groups is 1. The lowest BCUT2D eigenvalue weighted by Crippen LogP contribution is -2.46. The van der Waals surface area contributed by atoms with Crippen LogP contribution in [-0.4, -0.2) is 55.3 Å². The highest BCUT2D eigenvalue weighted by molar-refractivity contribution is 5.93. The number of rotatable bonds is 7. The van der Waals surface area contributed by atoms with Gasteiger partial charge in [0.15, 0.2) is 11.5 Å². The van der Waals surface area contributed by atoms with Gasteiger partial charge >= 0.3 is 0 Å². The molecular weight excluding hydrogens is 368 g/mol. The van der Waals surface area contributed by atoms with Gasteiger partial charge in [-0.15, -0.1) is 0 Å². The van der Waals surface area contributed by atoms with Crippen LogP contribution in [0.15, 0.2) is 36.5 Å². The van der Waals surface area contributed by atoms with Crippen LogP contribution in [0.3, 0.4) is 0 Å². The first-order chi connectivity index (χ1) is 14.2. The number of unbranched alkanes of at least 4 members (excludes halogenated alkanes) is 1. The second-order valence-electron chi connectivity index (χ2n) is 7.46. The van der Waals surface area contributed by atoms with E-state index < -0.39 is 0 Å². The van der Waals surface area contributed by atoms with Crippen LogP contribution in [0, 0.1) is 0 Å². The Morgan fingerprint density at radius 3 is 2.76 bits per heavy atom. The molecule has 3 heterocycles. The molecule has 0 atom stereocenters. The second-order valence-corrected chi connectivity index (χ2v) is 7.46. The Morgan fingerprint density at radius 2 is 1.93 bits per heavy atom. The van der Waals surface area contributed by atoms with Crippen LogP contribution >= 0.6 is 0 Å². The van der Waals surface area contributed by atoms with Crippen molar-refractivity contribution in [1.82, 2.24) is 15.2 Å². The predicted octanol–water partition coefficient (Wildman–Crippen LogP) is 2.66. The molecule has 0 aliphatic carbocycles. The maximum Gasteiger partial charge on any atom is 0.269 e. The molecule has 1 aromatic carbocycles. The van der Waals surface area contributed by atoms with Crippen LogP contribution in [-0.2, 0) is 6.54 Å². The van der Waals surface area contributed by atoms with Crippen molar-refractivity contribution in [2.24, 2.45) is 0 Å². The van der Waals surface area contributed by atoms with Crippen LogP contribution in [0.4, 0.5) is 5.69 Å². The number of carbonyl (C=O) groups excluding carboxylic acids is 1. The summed E-state index contributed by atoms with van der Waals surface area (Å²) in [6, 6.07) is 10.0. The molecule has 0 spiro atoms. The number of hydrogen-bond donors (Lipinski definition) is 1. The average Bonchev–Trinajstić information content (AvgIpc) is 3.22. The van der Waals surface area contributed by atoms with Crippen molar-refractivity contribution >= 4 is 11.6 Å². The highest BCUT2D eigenvalue weighted by Crippen LogP contribution is 2.33. The largest absolute Gasteiger partial charge is 0.454 e. The van der Waals surface area contributed by atoms with Crippen molar-refractivity contribution in [2.75, 3.05) is 44.4 Å². The summed E-state index contributed by atoms with van der Waals surface area (Å²) < 4.78 is 10.9. The van der Waals surface area contributed by atoms with Gasteiger partial charge in [0.05, 0.1) is 0 Å². The van der Waals surface area contributed by atoms with Crippen LogP contribution < -0.4 is 19.7 Å². The smallest absolute Gasteiger partial charge is 0.269 e. The normalized spacial score (nSPS) is 16.1. The molecule has 1 N–H and O–H groups in total. The van der Waals surface area contributed by atoms with Crippen molar-refractivity contribution in [3.63, 3.8) is 0 Å². The fourth-order valence-corrected chi connectivity index (χ4v) is 3.67. The van der Waals surface area contributed by atoms with Gasteiger partial charge in [-0.3, -0.25) is 14.7 Å². The third-order valence-electron chi connectivity index (χ3n) is 5.37. The van der Waals surface area contributed by atoms with Crippen molar-refractivity contribution in [3.05, 3.63) is 47.8 Å². The summed E-state index contributed by atoms with van der Waals surface area (Å²) >= 11 is 0. The Kier molecular flexibility index (Phi) is 6.14. The highest BCUT2D eigenvalue weighted by atomic mass is 16.7. The van der Waals surface area contributed by atoms with Crippen LogP contribution in [0.5, 0.6) is 11.5 Å². The molecule has 1 aromatic heterocycles. The van der Waals surface area contributed by atoms with Crippen molar-refractivity contribution in [1.29, 1.82) is 0 Å². The van der Waals surface area contributed by atoms with Gasteiger partial charge in [-0.2, -0.15) is 0 Å². The van der Waals surface area contributed by atoms with Gasteiger partial charge in [0.2, 0.25) is 6.79 Å². The Bertz CT molecular complexity index is 850. The summed E-state index contributed by atoms with van der Waals surface area (Å²) in [5.41, 5.74) is 2.78. The van der Waals surface area contributed by atoms with E-state index >= 15 is 0 Å². The number of hydrogen-bond acceptors (Lipinski definition) is 6. The second kappa shape index (κ2) is 9.13. The number of ether oxygens (including phenoxy) is 2. The fourth-order valence-electron chi connectivity index (χ4n) is 3.67. The summed E-state index contributed by atoms with van der Waals surface area (Å²) in [5.74, 6) is 1.56. The third-order valence-corrected chi connectivity index (χ3v) is 5.37. The maximum absolute atomic E-state index is 12.3. The molecule has 154 valence electrons. The van der Waals surface area contributed by atoms with E-state index in [0.29, 0.717) is 19.0 Å². The molecule has 2 aliphatic heterocycles. The lowest BCUT2D eigenvalue weighted by molar-refractivity contribution is 0.0948. The highest BCUT2D eigenvalue weighted by Gasteiger charge is 2.20. The fraction of sp³-hybridized carbons (Fsp3) is 0.455. The maximum atomic E-state index is 12.3. The molecule has 0 bridgehead atoms. The number of aromatic nitrogens is 1. The Labute approximate surface area is 171 Å². The van der Waals surface area contributed by atoms with Gasteiger partial charge in [0.25, 0.3) is 5.91 Å². The van der Waals surface area contributed by atoms with Crippen molar-refractivity contribution in [3.8, 4) is 11.5 Å². The number of nitrogens with one attached hydrogen (secondary N) is 1. The topological polar surface area (TPSA) is 66.9 Å². The number of pyridine rings is 1. The lowest BCUT2D eigenvalue weighted by atomic mass is 10.1. The minimum atomic E-state index is -0.0956. The minimum Gasteiger partial charge on any atom is -0.454 e. The monoisotopic (exact) mass is 396 g/mol. The molecule has 1 saturated heterocycles. The Balaban J connectivity index is 1.31. The summed E-state index contributed by atoms with van der Waals surface area (Å²) in [7, 11) is 0. The molecule has 0 unspecified atom stereocenters. The van der Waals surface area contributed by atoms with Gasteiger partial charge in [-0.1, -0.05) is 19.4 Å². The summed E-state index contributed by atoms with van der Waals surface area (Å²) in [6.07, 6.45) is 3.77. The van der Waals surface area contributed by atoms with Gasteiger partial charge in [0.1, 0.15) is 5.69 Å². The first-order valence-corrected chi connectivity index (χ1v) is 10.3. The number of piperazine rings is 1. The predicted molar refractivity (Wildman–Crippen MR) is 112 cm³/mol. The van der Waals surface area contributed by atoms with Crippen LogP contribution in [0.2, 0.25) is 0 Å². The molecule has 4 rings (SSSR count). The van der Waals surface area contributed by atoms with Gasteiger partial charge < -0.3 is 19.7 Å². The lowest BCUT2D eigenvalue weighted by Gasteiger charge is -2.36. The average molecular weight is 396 g/mol. The van der Waals surface area contributed by atoms with Crippen molar-refractivity contribution < 1.29 is 14.3 Å². The SMILES string of the molecule is CCCCNC(=O)c1cc(N2CCN(Cc3ccc4c(c3)OCO4)CC2)ccn1. The number of fused-ring (bicyclic) bond motifs is 1. The molecule has 29 heavy (non-hydrogen) atoms. The molecule has 2 aromatic rings. The Morgan fingerprint density at radius 1 is 1.10 bits per heavy atom. The zero-order chi connectivity index (χ0) is 20.1. The molecule has 7 nitrogen and oxygen atoms in total. The van der Waals surface area contributed by atoms with E-state index in [1.807, 2.05) is 18.2 Å². The van der Waals surface area contributed by atoms with Gasteiger partial charge in [-0.05, 0) is 36.2 Å². The summed E-state index contributed by atoms with van der Waals surface area (Å²) in [5, 5.41) is 2.93. The number of amides is 1. The van der Waals surface area contributed by atoms with E-state index in [4.69, 9.17) is 9.47 Å². The number of anilines is 1. The van der Waals surface area contributed by atoms with E-state index in [-0.39, 0.29) is 5.91 Å². The molecular formula is C22H28N4O3. The third kappa shape index (κ3) is 4.79. The van der Waals surface area contributed by atoms with E-state index in [1.54, 1.807) is 6.20 Å². The standard InChI is InChI=1S/C22H28N4O3/c1-2-3-7-24-22(27)19-14-18(6-8-23-19)26-11-9-25(10-12-26)15-17-4-5-20-21(13-17)29-16-28-20/h4-6,8,13-14H,2-3,7,9-12,15-16H2,1H3,(H,24,27). The van der Waals surface area contributed by atoms with E-state index in [0.717, 1.165) is 62.8 Å². The molecule has 7 heteroatoms. The van der Waals surface area contributed by atoms with Crippen LogP contribution in [0.25, 0.3) is 0 Å². The Hall–Kier alpha value is -2.80. The molecule has 1 amide bonds. The minimum absolute atomic E-state index is 0.0956. The quantitative estimate of drug-likeness (QED) is 0.726. The first kappa shape index (κ1) is 19.5. The van der Waals surface area contributed by atoms with Gasteiger partial charge in [0, 0.05) is 51.2 Å². The summed E-state index contributed by atoms with van der Waals surface area (Å²) in [6.45, 7) is 7.78. The number of nitrogens with zero attached hydrogens (tertiary/aromatic N) is 3. The van der Waals surface area contributed by atoms with E-state index in [9.17, 15) is 4.79 Å². The molecule has 1 fully saturated rings.